The highest BCUT2D eigenvalue weighted by Crippen LogP contribution is 2.33. The minimum absolute atomic E-state index is 0.150. The van der Waals surface area contributed by atoms with Crippen LogP contribution in [0.3, 0.4) is 0 Å². The van der Waals surface area contributed by atoms with Gasteiger partial charge in [-0.15, -0.1) is 0 Å². The van der Waals surface area contributed by atoms with Crippen molar-refractivity contribution in [3.63, 3.8) is 0 Å². The lowest BCUT2D eigenvalue weighted by molar-refractivity contribution is -0.137. The third-order valence-electron chi connectivity index (χ3n) is 2.56. The van der Waals surface area contributed by atoms with Gasteiger partial charge in [-0.25, -0.2) is 4.39 Å². The summed E-state index contributed by atoms with van der Waals surface area (Å²) in [7, 11) is 0. The molecule has 2 N–H and O–H groups in total. The summed E-state index contributed by atoms with van der Waals surface area (Å²) in [5.74, 6) is -0.735. The van der Waals surface area contributed by atoms with Gasteiger partial charge in [-0.05, 0) is 40.6 Å². The molecule has 1 aromatic carbocycles. The first-order valence-corrected chi connectivity index (χ1v) is 5.98. The van der Waals surface area contributed by atoms with Crippen LogP contribution in [0.25, 0.3) is 0 Å². The van der Waals surface area contributed by atoms with E-state index in [1.165, 1.54) is 11.3 Å². The normalized spacial score (nSPS) is 13.6. The monoisotopic (exact) mass is 275 g/mol. The van der Waals surface area contributed by atoms with Gasteiger partial charge in [0.05, 0.1) is 11.6 Å². The molecule has 2 rings (SSSR count). The Balaban J connectivity index is 2.44. The van der Waals surface area contributed by atoms with E-state index in [4.69, 9.17) is 5.73 Å². The van der Waals surface area contributed by atoms with Gasteiger partial charge in [-0.1, -0.05) is 0 Å². The highest BCUT2D eigenvalue weighted by molar-refractivity contribution is 7.08. The van der Waals surface area contributed by atoms with E-state index in [-0.39, 0.29) is 5.56 Å². The smallest absolute Gasteiger partial charge is 0.320 e. The maximum absolute atomic E-state index is 13.6. The molecule has 0 aliphatic carbocycles. The highest BCUT2D eigenvalue weighted by Gasteiger charge is 2.31. The van der Waals surface area contributed by atoms with Crippen molar-refractivity contribution in [1.82, 2.24) is 0 Å². The Bertz CT molecular complexity index is 534. The van der Waals surface area contributed by atoms with Gasteiger partial charge in [0.2, 0.25) is 0 Å². The number of benzene rings is 1. The standard InChI is InChI=1S/C12H9F4NS/c13-10-2-1-8(12(14,15)16)5-9(10)11(17)7-3-4-18-6-7/h1-6,11H,17H2/t11-/m0/s1. The van der Waals surface area contributed by atoms with Crippen LogP contribution < -0.4 is 5.73 Å². The van der Waals surface area contributed by atoms with Crippen molar-refractivity contribution in [2.75, 3.05) is 0 Å². The van der Waals surface area contributed by atoms with E-state index in [0.717, 1.165) is 12.1 Å². The molecule has 1 atom stereocenters. The van der Waals surface area contributed by atoms with E-state index in [9.17, 15) is 17.6 Å². The van der Waals surface area contributed by atoms with Crippen LogP contribution in [0.1, 0.15) is 22.7 Å². The van der Waals surface area contributed by atoms with E-state index in [1.54, 1.807) is 16.8 Å². The third kappa shape index (κ3) is 2.54. The highest BCUT2D eigenvalue weighted by atomic mass is 32.1. The van der Waals surface area contributed by atoms with Gasteiger partial charge in [-0.3, -0.25) is 0 Å². The van der Waals surface area contributed by atoms with Crippen LogP contribution in [0.4, 0.5) is 17.6 Å². The molecule has 0 radical (unpaired) electrons. The van der Waals surface area contributed by atoms with Crippen molar-refractivity contribution in [1.29, 1.82) is 0 Å². The molecular weight excluding hydrogens is 266 g/mol. The summed E-state index contributed by atoms with van der Waals surface area (Å²) in [6, 6.07) is 3.04. The first kappa shape index (κ1) is 13.0. The summed E-state index contributed by atoms with van der Waals surface area (Å²) in [6.45, 7) is 0. The molecule has 96 valence electrons. The second-order valence-corrected chi connectivity index (χ2v) is 4.55. The lowest BCUT2D eigenvalue weighted by atomic mass is 9.99. The molecule has 0 amide bonds. The topological polar surface area (TPSA) is 26.0 Å². The molecule has 0 saturated carbocycles. The van der Waals surface area contributed by atoms with Crippen LogP contribution in [-0.4, -0.2) is 0 Å². The van der Waals surface area contributed by atoms with Gasteiger partial charge in [-0.2, -0.15) is 24.5 Å². The van der Waals surface area contributed by atoms with Gasteiger partial charge in [0, 0.05) is 5.56 Å². The maximum Gasteiger partial charge on any atom is 0.416 e. The molecule has 0 bridgehead atoms. The first-order chi connectivity index (χ1) is 8.39. The Kier molecular flexibility index (Phi) is 3.41. The molecule has 2 aromatic rings. The molecule has 0 unspecified atom stereocenters. The number of alkyl halides is 3. The first-order valence-electron chi connectivity index (χ1n) is 5.04. The Morgan fingerprint density at radius 2 is 1.89 bits per heavy atom. The molecule has 0 spiro atoms. The fourth-order valence-corrected chi connectivity index (χ4v) is 2.29. The Morgan fingerprint density at radius 1 is 1.17 bits per heavy atom. The average Bonchev–Trinajstić information content (AvgIpc) is 2.80. The number of hydrogen-bond acceptors (Lipinski definition) is 2. The molecule has 0 aliphatic rings. The van der Waals surface area contributed by atoms with Crippen molar-refractivity contribution in [3.05, 3.63) is 57.5 Å². The third-order valence-corrected chi connectivity index (χ3v) is 3.26. The van der Waals surface area contributed by atoms with Gasteiger partial charge in [0.1, 0.15) is 5.82 Å². The number of rotatable bonds is 2. The summed E-state index contributed by atoms with van der Waals surface area (Å²) < 4.78 is 51.2. The predicted molar refractivity (Wildman–Crippen MR) is 61.8 cm³/mol. The Morgan fingerprint density at radius 3 is 2.44 bits per heavy atom. The van der Waals surface area contributed by atoms with E-state index in [0.29, 0.717) is 11.6 Å². The number of thiophene rings is 1. The van der Waals surface area contributed by atoms with Crippen LogP contribution in [0.5, 0.6) is 0 Å². The van der Waals surface area contributed by atoms with E-state index >= 15 is 0 Å². The number of halogens is 4. The van der Waals surface area contributed by atoms with Gasteiger partial charge < -0.3 is 5.73 Å². The zero-order valence-electron chi connectivity index (χ0n) is 9.04. The molecule has 0 aliphatic heterocycles. The van der Waals surface area contributed by atoms with Crippen molar-refractivity contribution in [2.24, 2.45) is 5.73 Å². The van der Waals surface area contributed by atoms with Crippen LogP contribution in [-0.2, 0) is 6.18 Å². The van der Waals surface area contributed by atoms with Gasteiger partial charge >= 0.3 is 6.18 Å². The van der Waals surface area contributed by atoms with Crippen LogP contribution in [0.2, 0.25) is 0 Å². The summed E-state index contributed by atoms with van der Waals surface area (Å²) in [4.78, 5) is 0. The van der Waals surface area contributed by atoms with Crippen molar-refractivity contribution >= 4 is 11.3 Å². The zero-order chi connectivity index (χ0) is 13.3. The summed E-state index contributed by atoms with van der Waals surface area (Å²) in [5.41, 5.74) is 5.32. The molecule has 0 fully saturated rings. The molecule has 1 heterocycles. The van der Waals surface area contributed by atoms with Gasteiger partial charge in [0.25, 0.3) is 0 Å². The average molecular weight is 275 g/mol. The zero-order valence-corrected chi connectivity index (χ0v) is 9.86. The lowest BCUT2D eigenvalue weighted by Gasteiger charge is -2.14. The summed E-state index contributed by atoms with van der Waals surface area (Å²) >= 11 is 1.35. The minimum Gasteiger partial charge on any atom is -0.320 e. The minimum atomic E-state index is -4.50. The largest absolute Gasteiger partial charge is 0.416 e. The predicted octanol–water partition coefficient (Wildman–Crippen LogP) is 3.95. The second kappa shape index (κ2) is 4.70. The number of hydrogen-bond donors (Lipinski definition) is 1. The van der Waals surface area contributed by atoms with Crippen molar-refractivity contribution < 1.29 is 17.6 Å². The van der Waals surface area contributed by atoms with E-state index < -0.39 is 23.6 Å². The van der Waals surface area contributed by atoms with Crippen LogP contribution in [0, 0.1) is 5.82 Å². The molecule has 18 heavy (non-hydrogen) atoms. The summed E-state index contributed by atoms with van der Waals surface area (Å²) in [6.07, 6.45) is -4.50. The number of nitrogens with two attached hydrogens (primary N) is 1. The van der Waals surface area contributed by atoms with Crippen LogP contribution in [0.15, 0.2) is 35.0 Å². The maximum atomic E-state index is 13.6. The SMILES string of the molecule is N[C@@H](c1ccsc1)c1cc(C(F)(F)F)ccc1F. The molecule has 6 heteroatoms. The molecule has 0 saturated heterocycles. The Labute approximate surface area is 105 Å². The van der Waals surface area contributed by atoms with E-state index in [2.05, 4.69) is 0 Å². The van der Waals surface area contributed by atoms with Crippen molar-refractivity contribution in [2.45, 2.75) is 12.2 Å². The molecular formula is C12H9F4NS. The molecule has 1 aromatic heterocycles. The van der Waals surface area contributed by atoms with Crippen LogP contribution >= 0.6 is 11.3 Å². The Hall–Kier alpha value is -1.40. The van der Waals surface area contributed by atoms with E-state index in [1.807, 2.05) is 0 Å². The fourth-order valence-electron chi connectivity index (χ4n) is 1.59. The lowest BCUT2D eigenvalue weighted by Crippen LogP contribution is -2.15. The fraction of sp³-hybridized carbons (Fsp3) is 0.167. The quantitative estimate of drug-likeness (QED) is 0.825. The van der Waals surface area contributed by atoms with Gasteiger partial charge in [0.15, 0.2) is 0 Å². The second-order valence-electron chi connectivity index (χ2n) is 3.77. The van der Waals surface area contributed by atoms with Crippen molar-refractivity contribution in [3.8, 4) is 0 Å². The summed E-state index contributed by atoms with van der Waals surface area (Å²) in [5, 5.41) is 3.42. The molecule has 1 nitrogen and oxygen atoms in total.